The summed E-state index contributed by atoms with van der Waals surface area (Å²) in [5.41, 5.74) is 15.0. The summed E-state index contributed by atoms with van der Waals surface area (Å²) in [5.74, 6) is -0.491. The van der Waals surface area contributed by atoms with E-state index < -0.39 is 5.91 Å². The van der Waals surface area contributed by atoms with E-state index in [4.69, 9.17) is 16.2 Å². The van der Waals surface area contributed by atoms with E-state index in [0.29, 0.717) is 18.8 Å². The van der Waals surface area contributed by atoms with Gasteiger partial charge in [-0.2, -0.15) is 4.99 Å². The Kier molecular flexibility index (Phi) is 5.96. The van der Waals surface area contributed by atoms with E-state index in [2.05, 4.69) is 16.0 Å². The first-order valence-electron chi connectivity index (χ1n) is 9.02. The molecule has 0 saturated carbocycles. The number of carbonyl (C=O) groups is 1. The number of ether oxygens (including phenoxy) is 1. The van der Waals surface area contributed by atoms with Gasteiger partial charge in [-0.15, -0.1) is 0 Å². The van der Waals surface area contributed by atoms with Gasteiger partial charge in [-0.1, -0.05) is 24.3 Å². The predicted octanol–water partition coefficient (Wildman–Crippen LogP) is 2.10. The van der Waals surface area contributed by atoms with Crippen LogP contribution in [0.2, 0.25) is 0 Å². The minimum atomic E-state index is -0.462. The quantitative estimate of drug-likeness (QED) is 0.425. The second-order valence-electron chi connectivity index (χ2n) is 6.59. The number of hydrogen-bond acceptors (Lipinski definition) is 4. The molecule has 0 radical (unpaired) electrons. The molecule has 0 unspecified atom stereocenters. The number of carbonyl (C=O) groups excluding carboxylic acids is 1. The van der Waals surface area contributed by atoms with Crippen LogP contribution in [0.5, 0.6) is 5.75 Å². The second-order valence-corrected chi connectivity index (χ2v) is 6.59. The SMILES string of the molecule is C/C(=C\c1ccc(-c2ccc(O)cc2)cc1N1CCOCC1)C(=O)N=C(N)N. The molecule has 5 N–H and O–H groups in total. The van der Waals surface area contributed by atoms with Gasteiger partial charge in [-0.3, -0.25) is 4.79 Å². The molecule has 0 aliphatic carbocycles. The van der Waals surface area contributed by atoms with Crippen LogP contribution in [0.4, 0.5) is 5.69 Å². The first kappa shape index (κ1) is 19.4. The van der Waals surface area contributed by atoms with Gasteiger partial charge >= 0.3 is 0 Å². The first-order valence-corrected chi connectivity index (χ1v) is 9.02. The van der Waals surface area contributed by atoms with E-state index in [1.165, 1.54) is 0 Å². The summed E-state index contributed by atoms with van der Waals surface area (Å²) in [7, 11) is 0. The highest BCUT2D eigenvalue weighted by Crippen LogP contribution is 2.31. The zero-order chi connectivity index (χ0) is 20.1. The summed E-state index contributed by atoms with van der Waals surface area (Å²) in [6.07, 6.45) is 1.79. The maximum absolute atomic E-state index is 12.1. The van der Waals surface area contributed by atoms with Crippen molar-refractivity contribution in [2.24, 2.45) is 16.5 Å². The van der Waals surface area contributed by atoms with E-state index >= 15 is 0 Å². The Morgan fingerprint density at radius 3 is 2.39 bits per heavy atom. The third-order valence-electron chi connectivity index (χ3n) is 4.52. The maximum Gasteiger partial charge on any atom is 0.275 e. The largest absolute Gasteiger partial charge is 0.508 e. The lowest BCUT2D eigenvalue weighted by atomic mass is 10.00. The minimum absolute atomic E-state index is 0.227. The average molecular weight is 380 g/mol. The Morgan fingerprint density at radius 2 is 1.75 bits per heavy atom. The topological polar surface area (TPSA) is 114 Å². The zero-order valence-electron chi connectivity index (χ0n) is 15.8. The summed E-state index contributed by atoms with van der Waals surface area (Å²) in [4.78, 5) is 17.9. The van der Waals surface area contributed by atoms with Crippen molar-refractivity contribution in [1.82, 2.24) is 0 Å². The van der Waals surface area contributed by atoms with Gasteiger partial charge in [0, 0.05) is 24.4 Å². The number of aliphatic imine (C=N–C) groups is 1. The number of aromatic hydroxyl groups is 1. The van der Waals surface area contributed by atoms with Gasteiger partial charge in [-0.05, 0) is 47.9 Å². The molecule has 0 bridgehead atoms. The van der Waals surface area contributed by atoms with Gasteiger partial charge in [0.15, 0.2) is 5.96 Å². The van der Waals surface area contributed by atoms with Crippen molar-refractivity contribution in [1.29, 1.82) is 0 Å². The number of hydrogen-bond donors (Lipinski definition) is 3. The van der Waals surface area contributed by atoms with Crippen LogP contribution in [-0.4, -0.2) is 43.3 Å². The smallest absolute Gasteiger partial charge is 0.275 e. The van der Waals surface area contributed by atoms with Crippen LogP contribution in [0.15, 0.2) is 53.0 Å². The standard InChI is InChI=1S/C21H24N4O3/c1-14(20(27)24-21(22)23)12-17-3-2-16(15-4-6-18(26)7-5-15)13-19(17)25-8-10-28-11-9-25/h2-7,12-13,26H,8-11H2,1H3,(H4,22,23,24,27)/b14-12+. The van der Waals surface area contributed by atoms with E-state index in [-0.39, 0.29) is 11.7 Å². The van der Waals surface area contributed by atoms with Crippen LogP contribution in [0, 0.1) is 0 Å². The number of rotatable bonds is 4. The third kappa shape index (κ3) is 4.69. The number of nitrogens with zero attached hydrogens (tertiary/aromatic N) is 2. The highest BCUT2D eigenvalue weighted by Gasteiger charge is 2.16. The second kappa shape index (κ2) is 8.58. The number of guanidine groups is 1. The summed E-state index contributed by atoms with van der Waals surface area (Å²) in [6.45, 7) is 4.52. The lowest BCUT2D eigenvalue weighted by molar-refractivity contribution is -0.114. The van der Waals surface area contributed by atoms with E-state index in [1.807, 2.05) is 24.3 Å². The molecule has 2 aromatic rings. The molecule has 0 spiro atoms. The Labute approximate surface area is 163 Å². The van der Waals surface area contributed by atoms with Crippen LogP contribution >= 0.6 is 0 Å². The zero-order valence-corrected chi connectivity index (χ0v) is 15.8. The van der Waals surface area contributed by atoms with Crippen molar-refractivity contribution in [3.63, 3.8) is 0 Å². The van der Waals surface area contributed by atoms with E-state index in [0.717, 1.165) is 35.5 Å². The molecule has 1 heterocycles. The normalized spacial score (nSPS) is 14.6. The lowest BCUT2D eigenvalue weighted by Crippen LogP contribution is -2.36. The van der Waals surface area contributed by atoms with Crippen LogP contribution in [-0.2, 0) is 9.53 Å². The fourth-order valence-electron chi connectivity index (χ4n) is 3.08. The monoisotopic (exact) mass is 380 g/mol. The van der Waals surface area contributed by atoms with Crippen molar-refractivity contribution >= 4 is 23.6 Å². The van der Waals surface area contributed by atoms with Gasteiger partial charge in [0.2, 0.25) is 0 Å². The minimum Gasteiger partial charge on any atom is -0.508 e. The molecule has 2 aromatic carbocycles. The Balaban J connectivity index is 2.02. The molecular formula is C21H24N4O3. The third-order valence-corrected chi connectivity index (χ3v) is 4.52. The fraction of sp³-hybridized carbons (Fsp3) is 0.238. The number of phenolic OH excluding ortho intramolecular Hbond substituents is 1. The van der Waals surface area contributed by atoms with Crippen molar-refractivity contribution in [2.75, 3.05) is 31.2 Å². The Morgan fingerprint density at radius 1 is 1.11 bits per heavy atom. The summed E-state index contributed by atoms with van der Waals surface area (Å²) in [5, 5.41) is 9.53. The number of anilines is 1. The molecule has 28 heavy (non-hydrogen) atoms. The Bertz CT molecular complexity index is 910. The van der Waals surface area contributed by atoms with Crippen molar-refractivity contribution in [2.45, 2.75) is 6.92 Å². The van der Waals surface area contributed by atoms with Crippen LogP contribution in [0.3, 0.4) is 0 Å². The molecule has 1 fully saturated rings. The van der Waals surface area contributed by atoms with Crippen LogP contribution in [0.25, 0.3) is 17.2 Å². The van der Waals surface area contributed by atoms with Crippen LogP contribution in [0.1, 0.15) is 12.5 Å². The summed E-state index contributed by atoms with van der Waals surface area (Å²) in [6, 6.07) is 13.1. The number of nitrogens with two attached hydrogens (primary N) is 2. The molecule has 7 nitrogen and oxygen atoms in total. The highest BCUT2D eigenvalue weighted by atomic mass is 16.5. The molecule has 1 aliphatic heterocycles. The Hall–Kier alpha value is -3.32. The number of benzene rings is 2. The van der Waals surface area contributed by atoms with Crippen molar-refractivity contribution in [3.05, 3.63) is 53.6 Å². The molecular weight excluding hydrogens is 356 g/mol. The van der Waals surface area contributed by atoms with Gasteiger partial charge in [0.05, 0.1) is 13.2 Å². The molecule has 0 aromatic heterocycles. The van der Waals surface area contributed by atoms with Gasteiger partial charge < -0.3 is 26.2 Å². The van der Waals surface area contributed by atoms with Gasteiger partial charge in [0.25, 0.3) is 5.91 Å². The highest BCUT2D eigenvalue weighted by molar-refractivity contribution is 6.04. The van der Waals surface area contributed by atoms with E-state index in [1.54, 1.807) is 25.1 Å². The lowest BCUT2D eigenvalue weighted by Gasteiger charge is -2.30. The summed E-state index contributed by atoms with van der Waals surface area (Å²) >= 11 is 0. The number of amides is 1. The van der Waals surface area contributed by atoms with Gasteiger partial charge in [0.1, 0.15) is 5.75 Å². The van der Waals surface area contributed by atoms with Crippen molar-refractivity contribution in [3.8, 4) is 16.9 Å². The van der Waals surface area contributed by atoms with E-state index in [9.17, 15) is 9.90 Å². The molecule has 1 saturated heterocycles. The molecule has 1 aliphatic rings. The number of morpholine rings is 1. The van der Waals surface area contributed by atoms with Gasteiger partial charge in [-0.25, -0.2) is 0 Å². The fourth-order valence-corrected chi connectivity index (χ4v) is 3.08. The summed E-state index contributed by atoms with van der Waals surface area (Å²) < 4.78 is 5.47. The molecule has 1 amide bonds. The van der Waals surface area contributed by atoms with Crippen molar-refractivity contribution < 1.29 is 14.6 Å². The first-order chi connectivity index (χ1) is 13.4. The number of phenols is 1. The predicted molar refractivity (Wildman–Crippen MR) is 111 cm³/mol. The molecule has 146 valence electrons. The molecule has 3 rings (SSSR count). The average Bonchev–Trinajstić information content (AvgIpc) is 2.69. The van der Waals surface area contributed by atoms with Crippen LogP contribution < -0.4 is 16.4 Å². The molecule has 0 atom stereocenters. The molecule has 7 heteroatoms. The maximum atomic E-state index is 12.1.